The van der Waals surface area contributed by atoms with Gasteiger partial charge in [0.05, 0.1) is 27.8 Å². The number of carbonyl (C=O) groups is 1. The summed E-state index contributed by atoms with van der Waals surface area (Å²) in [5, 5.41) is 2.92. The van der Waals surface area contributed by atoms with E-state index in [0.717, 1.165) is 12.0 Å². The summed E-state index contributed by atoms with van der Waals surface area (Å²) < 4.78 is 42.2. The largest absolute Gasteiger partial charge is 0.326 e. The molecule has 0 bridgehead atoms. The lowest BCUT2D eigenvalue weighted by Gasteiger charge is -2.32. The fraction of sp³-hybridized carbons (Fsp3) is 0.174. The molecule has 6 nitrogen and oxygen atoms in total. The number of para-hydroxylation sites is 1. The summed E-state index contributed by atoms with van der Waals surface area (Å²) in [5.41, 5.74) is 2.96. The van der Waals surface area contributed by atoms with Crippen LogP contribution in [0.15, 0.2) is 65.6 Å². The molecular formula is C23H19ClFN3O3S. The van der Waals surface area contributed by atoms with Crippen molar-refractivity contribution in [3.05, 3.63) is 82.6 Å². The van der Waals surface area contributed by atoms with Crippen LogP contribution in [0, 0.1) is 5.82 Å². The first kappa shape index (κ1) is 20.8. The van der Waals surface area contributed by atoms with Gasteiger partial charge in [0.25, 0.3) is 10.0 Å². The van der Waals surface area contributed by atoms with Crippen molar-refractivity contribution in [1.29, 1.82) is 0 Å². The number of benzene rings is 3. The average molecular weight is 472 g/mol. The number of sulfonamides is 1. The molecule has 2 amide bonds. The standard InChI is InChI=1S/C23H19ClFN3O3S/c24-19-9-8-18(32(30,31)28-11-3-5-15-4-1-2-6-21(15)28)13-22(19)27-14-16-12-17(25)7-10-20(16)26-23(27)29/h1-2,4,6-10,12-13H,3,5,11,14H2,(H,26,29). The van der Waals surface area contributed by atoms with E-state index in [1.807, 2.05) is 18.2 Å². The van der Waals surface area contributed by atoms with Gasteiger partial charge < -0.3 is 5.32 Å². The first-order valence-corrected chi connectivity index (χ1v) is 11.9. The van der Waals surface area contributed by atoms with E-state index in [0.29, 0.717) is 29.9 Å². The van der Waals surface area contributed by atoms with Gasteiger partial charge in [-0.1, -0.05) is 29.8 Å². The number of carbonyl (C=O) groups excluding carboxylic acids is 1. The van der Waals surface area contributed by atoms with Crippen LogP contribution in [0.3, 0.4) is 0 Å². The van der Waals surface area contributed by atoms with Crippen LogP contribution in [0.4, 0.5) is 26.2 Å². The summed E-state index contributed by atoms with van der Waals surface area (Å²) in [6.45, 7) is 0.433. The molecule has 164 valence electrons. The maximum atomic E-state index is 13.7. The topological polar surface area (TPSA) is 69.7 Å². The number of hydrogen-bond acceptors (Lipinski definition) is 3. The van der Waals surface area contributed by atoms with Gasteiger partial charge in [0.1, 0.15) is 5.82 Å². The second-order valence-electron chi connectivity index (χ2n) is 7.74. The van der Waals surface area contributed by atoms with Crippen molar-refractivity contribution < 1.29 is 17.6 Å². The van der Waals surface area contributed by atoms with Gasteiger partial charge in [-0.25, -0.2) is 17.6 Å². The molecule has 0 saturated heterocycles. The van der Waals surface area contributed by atoms with Gasteiger partial charge >= 0.3 is 6.03 Å². The number of rotatable bonds is 3. The van der Waals surface area contributed by atoms with Crippen LogP contribution in [0.2, 0.25) is 5.02 Å². The number of amides is 2. The number of halogens is 2. The molecule has 3 aromatic carbocycles. The molecule has 0 aliphatic carbocycles. The third kappa shape index (κ3) is 3.49. The van der Waals surface area contributed by atoms with Crippen LogP contribution in [0.5, 0.6) is 0 Å². The minimum atomic E-state index is -3.88. The van der Waals surface area contributed by atoms with Crippen LogP contribution >= 0.6 is 11.6 Å². The van der Waals surface area contributed by atoms with Gasteiger partial charge in [-0.15, -0.1) is 0 Å². The third-order valence-corrected chi connectivity index (χ3v) is 7.88. The molecule has 0 radical (unpaired) electrons. The summed E-state index contributed by atoms with van der Waals surface area (Å²) >= 11 is 6.37. The quantitative estimate of drug-likeness (QED) is 0.572. The Bertz CT molecular complexity index is 1350. The van der Waals surface area contributed by atoms with E-state index in [1.165, 1.54) is 45.6 Å². The minimum Gasteiger partial charge on any atom is -0.307 e. The molecule has 0 aromatic heterocycles. The van der Waals surface area contributed by atoms with Crippen molar-refractivity contribution in [2.75, 3.05) is 21.1 Å². The van der Waals surface area contributed by atoms with E-state index < -0.39 is 21.9 Å². The molecule has 1 N–H and O–H groups in total. The predicted molar refractivity (Wildman–Crippen MR) is 122 cm³/mol. The monoisotopic (exact) mass is 471 g/mol. The average Bonchev–Trinajstić information content (AvgIpc) is 2.79. The number of fused-ring (bicyclic) bond motifs is 2. The molecule has 2 heterocycles. The maximum Gasteiger partial charge on any atom is 0.326 e. The molecule has 9 heteroatoms. The Hall–Kier alpha value is -3.10. The zero-order valence-electron chi connectivity index (χ0n) is 16.9. The second-order valence-corrected chi connectivity index (χ2v) is 10.0. The minimum absolute atomic E-state index is 0.0337. The normalized spacial score (nSPS) is 15.8. The number of urea groups is 1. The fourth-order valence-electron chi connectivity index (χ4n) is 4.17. The van der Waals surface area contributed by atoms with Crippen molar-refractivity contribution in [3.8, 4) is 0 Å². The lowest BCUT2D eigenvalue weighted by molar-refractivity contribution is 0.256. The van der Waals surface area contributed by atoms with E-state index in [-0.39, 0.29) is 22.2 Å². The lowest BCUT2D eigenvalue weighted by Crippen LogP contribution is -2.39. The van der Waals surface area contributed by atoms with Crippen molar-refractivity contribution in [3.63, 3.8) is 0 Å². The first-order chi connectivity index (χ1) is 15.3. The molecule has 2 aliphatic heterocycles. The van der Waals surface area contributed by atoms with Crippen LogP contribution < -0.4 is 14.5 Å². The Morgan fingerprint density at radius 2 is 1.78 bits per heavy atom. The Labute approximate surface area is 190 Å². The van der Waals surface area contributed by atoms with Crippen molar-refractivity contribution in [2.45, 2.75) is 24.3 Å². The molecule has 2 aliphatic rings. The van der Waals surface area contributed by atoms with Gasteiger partial charge in [-0.3, -0.25) is 9.21 Å². The molecule has 0 spiro atoms. The highest BCUT2D eigenvalue weighted by atomic mass is 35.5. The Morgan fingerprint density at radius 1 is 0.969 bits per heavy atom. The lowest BCUT2D eigenvalue weighted by atomic mass is 10.0. The number of nitrogens with one attached hydrogen (secondary N) is 1. The van der Waals surface area contributed by atoms with Crippen molar-refractivity contribution in [2.24, 2.45) is 0 Å². The molecule has 0 atom stereocenters. The van der Waals surface area contributed by atoms with Crippen LogP contribution in [-0.4, -0.2) is 21.0 Å². The smallest absolute Gasteiger partial charge is 0.307 e. The van der Waals surface area contributed by atoms with Crippen molar-refractivity contribution in [1.82, 2.24) is 0 Å². The number of aryl methyl sites for hydroxylation is 1. The highest BCUT2D eigenvalue weighted by Crippen LogP contribution is 2.37. The zero-order valence-corrected chi connectivity index (χ0v) is 18.5. The number of hydrogen-bond donors (Lipinski definition) is 1. The number of nitrogens with zero attached hydrogens (tertiary/aromatic N) is 2. The van der Waals surface area contributed by atoms with Crippen LogP contribution in [-0.2, 0) is 23.0 Å². The third-order valence-electron chi connectivity index (χ3n) is 5.75. The predicted octanol–water partition coefficient (Wildman–Crippen LogP) is 5.17. The summed E-state index contributed by atoms with van der Waals surface area (Å²) in [4.78, 5) is 14.1. The van der Waals surface area contributed by atoms with Crippen LogP contribution in [0.25, 0.3) is 0 Å². The SMILES string of the molecule is O=C1Nc2ccc(F)cc2CN1c1cc(S(=O)(=O)N2CCCc3ccccc32)ccc1Cl. The van der Waals surface area contributed by atoms with Gasteiger partial charge in [0.2, 0.25) is 0 Å². The van der Waals surface area contributed by atoms with Gasteiger partial charge in [-0.2, -0.15) is 0 Å². The first-order valence-electron chi connectivity index (χ1n) is 10.1. The van der Waals surface area contributed by atoms with E-state index >= 15 is 0 Å². The van der Waals surface area contributed by atoms with E-state index in [9.17, 15) is 17.6 Å². The molecule has 0 saturated carbocycles. The summed E-state index contributed by atoms with van der Waals surface area (Å²) in [7, 11) is -3.88. The van der Waals surface area contributed by atoms with E-state index in [1.54, 1.807) is 6.07 Å². The Kier molecular flexibility index (Phi) is 5.06. The Morgan fingerprint density at radius 3 is 2.62 bits per heavy atom. The molecule has 32 heavy (non-hydrogen) atoms. The molecule has 0 unspecified atom stereocenters. The highest BCUT2D eigenvalue weighted by molar-refractivity contribution is 7.92. The fourth-order valence-corrected chi connectivity index (χ4v) is 5.95. The van der Waals surface area contributed by atoms with Crippen LogP contribution in [0.1, 0.15) is 17.5 Å². The van der Waals surface area contributed by atoms with E-state index in [2.05, 4.69) is 5.32 Å². The summed E-state index contributed by atoms with van der Waals surface area (Å²) in [6.07, 6.45) is 1.53. The van der Waals surface area contributed by atoms with Gasteiger partial charge in [0.15, 0.2) is 0 Å². The molecular weight excluding hydrogens is 453 g/mol. The van der Waals surface area contributed by atoms with Gasteiger partial charge in [-0.05, 0) is 66.4 Å². The molecule has 3 aromatic rings. The summed E-state index contributed by atoms with van der Waals surface area (Å²) in [5.74, 6) is -0.425. The van der Waals surface area contributed by atoms with Crippen molar-refractivity contribution >= 4 is 44.7 Å². The molecule has 5 rings (SSSR count). The number of anilines is 3. The Balaban J connectivity index is 1.54. The maximum absolute atomic E-state index is 13.7. The molecule has 0 fully saturated rings. The second kappa shape index (κ2) is 7.79. The summed E-state index contributed by atoms with van der Waals surface area (Å²) in [6, 6.07) is 15.4. The highest BCUT2D eigenvalue weighted by Gasteiger charge is 2.31. The van der Waals surface area contributed by atoms with Gasteiger partial charge in [0, 0.05) is 12.2 Å². The van der Waals surface area contributed by atoms with E-state index in [4.69, 9.17) is 11.6 Å². The zero-order chi connectivity index (χ0) is 22.5.